The number of likely N-dealkylation sites (N-methyl/N-ethyl adjacent to an activating group) is 1. The topological polar surface area (TPSA) is 49.8 Å². The number of hydrogen-bond acceptors (Lipinski definition) is 4. The highest BCUT2D eigenvalue weighted by atomic mass is 16.6. The number of esters is 1. The zero-order chi connectivity index (χ0) is 18.1. The SMILES string of the molecule is CN1[C@H]2CC[C@H](OC(=O)C(O)(c3ccccc3)c3ccccc3)[C@H]1CC2. The Kier molecular flexibility index (Phi) is 4.55. The monoisotopic (exact) mass is 351 g/mol. The molecule has 4 rings (SSSR count). The molecule has 2 aliphatic rings. The molecule has 4 nitrogen and oxygen atoms in total. The van der Waals surface area contributed by atoms with Crippen molar-refractivity contribution in [2.75, 3.05) is 7.05 Å². The maximum Gasteiger partial charge on any atom is 0.348 e. The number of fused-ring (bicyclic) bond motifs is 2. The van der Waals surface area contributed by atoms with Gasteiger partial charge in [0.05, 0.1) is 0 Å². The van der Waals surface area contributed by atoms with Crippen molar-refractivity contribution >= 4 is 5.97 Å². The average Bonchev–Trinajstić information content (AvgIpc) is 2.92. The summed E-state index contributed by atoms with van der Waals surface area (Å²) in [4.78, 5) is 15.6. The predicted molar refractivity (Wildman–Crippen MR) is 99.6 cm³/mol. The van der Waals surface area contributed by atoms with Gasteiger partial charge in [0.1, 0.15) is 6.10 Å². The second-order valence-corrected chi connectivity index (χ2v) is 7.43. The normalized spacial score (nSPS) is 25.8. The van der Waals surface area contributed by atoms with Gasteiger partial charge in [-0.3, -0.25) is 4.90 Å². The van der Waals surface area contributed by atoms with Crippen LogP contribution in [0.2, 0.25) is 0 Å². The van der Waals surface area contributed by atoms with Crippen molar-refractivity contribution in [1.29, 1.82) is 0 Å². The van der Waals surface area contributed by atoms with Gasteiger partial charge < -0.3 is 9.84 Å². The summed E-state index contributed by atoms with van der Waals surface area (Å²) in [5.41, 5.74) is -0.731. The largest absolute Gasteiger partial charge is 0.458 e. The lowest BCUT2D eigenvalue weighted by Gasteiger charge is -2.38. The molecule has 4 heteroatoms. The molecule has 0 aliphatic carbocycles. The Morgan fingerprint density at radius 3 is 2.08 bits per heavy atom. The number of carbonyl (C=O) groups excluding carboxylic acids is 1. The van der Waals surface area contributed by atoms with E-state index in [1.807, 2.05) is 36.4 Å². The van der Waals surface area contributed by atoms with Crippen molar-refractivity contribution in [3.05, 3.63) is 71.8 Å². The summed E-state index contributed by atoms with van der Waals surface area (Å²) in [6.45, 7) is 0. The smallest absolute Gasteiger partial charge is 0.348 e. The first-order valence-corrected chi connectivity index (χ1v) is 9.37. The summed E-state index contributed by atoms with van der Waals surface area (Å²) in [6.07, 6.45) is 3.96. The number of rotatable bonds is 4. The third kappa shape index (κ3) is 2.83. The van der Waals surface area contributed by atoms with Crippen molar-refractivity contribution in [2.45, 2.75) is 49.5 Å². The van der Waals surface area contributed by atoms with Crippen molar-refractivity contribution in [3.8, 4) is 0 Å². The van der Waals surface area contributed by atoms with Gasteiger partial charge in [0.15, 0.2) is 0 Å². The molecule has 0 spiro atoms. The van der Waals surface area contributed by atoms with Gasteiger partial charge in [0.25, 0.3) is 0 Å². The Morgan fingerprint density at radius 1 is 0.962 bits per heavy atom. The first-order chi connectivity index (χ1) is 12.6. The van der Waals surface area contributed by atoms with Crippen LogP contribution in [0, 0.1) is 0 Å². The van der Waals surface area contributed by atoms with Crippen LogP contribution >= 0.6 is 0 Å². The second-order valence-electron chi connectivity index (χ2n) is 7.43. The predicted octanol–water partition coefficient (Wildman–Crippen LogP) is 3.09. The Morgan fingerprint density at radius 2 is 1.50 bits per heavy atom. The van der Waals surface area contributed by atoms with Crippen LogP contribution in [0.4, 0.5) is 0 Å². The molecule has 0 aromatic heterocycles. The Labute approximate surface area is 154 Å². The number of benzene rings is 2. The number of hydrogen-bond donors (Lipinski definition) is 1. The Bertz CT molecular complexity index is 722. The molecule has 26 heavy (non-hydrogen) atoms. The molecule has 2 aromatic rings. The molecule has 2 fully saturated rings. The van der Waals surface area contributed by atoms with Crippen LogP contribution in [0.15, 0.2) is 60.7 Å². The van der Waals surface area contributed by atoms with E-state index in [4.69, 9.17) is 4.74 Å². The van der Waals surface area contributed by atoms with E-state index < -0.39 is 11.6 Å². The van der Waals surface area contributed by atoms with Gasteiger partial charge in [-0.15, -0.1) is 0 Å². The lowest BCUT2D eigenvalue weighted by molar-refractivity contribution is -0.173. The first kappa shape index (κ1) is 17.3. The van der Waals surface area contributed by atoms with E-state index >= 15 is 0 Å². The molecular formula is C22H25NO3. The van der Waals surface area contributed by atoms with E-state index in [0.717, 1.165) is 25.7 Å². The molecule has 0 saturated carbocycles. The molecule has 1 N–H and O–H groups in total. The summed E-state index contributed by atoms with van der Waals surface area (Å²) in [5.74, 6) is -0.585. The standard InChI is InChI=1S/C22H25NO3/c1-23-18-12-14-19(23)20(15-13-18)26-21(24)22(25,16-8-4-2-5-9-16)17-10-6-3-7-11-17/h2-11,18-20,25H,12-15H2,1H3/t18-,19-,20+/m1/s1. The molecule has 0 amide bonds. The van der Waals surface area contributed by atoms with Crippen LogP contribution in [0.5, 0.6) is 0 Å². The lowest BCUT2D eigenvalue weighted by Crippen LogP contribution is -2.49. The van der Waals surface area contributed by atoms with Gasteiger partial charge in [-0.25, -0.2) is 4.79 Å². The van der Waals surface area contributed by atoms with Gasteiger partial charge >= 0.3 is 5.97 Å². The quantitative estimate of drug-likeness (QED) is 0.860. The maximum absolute atomic E-state index is 13.2. The van der Waals surface area contributed by atoms with Crippen LogP contribution in [0.25, 0.3) is 0 Å². The third-order valence-electron chi connectivity index (χ3n) is 6.05. The van der Waals surface area contributed by atoms with Crippen molar-refractivity contribution in [1.82, 2.24) is 4.90 Å². The van der Waals surface area contributed by atoms with Gasteiger partial charge in [0, 0.05) is 12.1 Å². The fourth-order valence-electron chi connectivity index (χ4n) is 4.51. The fourth-order valence-corrected chi connectivity index (χ4v) is 4.51. The summed E-state index contributed by atoms with van der Waals surface area (Å²) in [5, 5.41) is 11.5. The fraction of sp³-hybridized carbons (Fsp3) is 0.409. The zero-order valence-corrected chi connectivity index (χ0v) is 15.0. The third-order valence-corrected chi connectivity index (χ3v) is 6.05. The van der Waals surface area contributed by atoms with Crippen LogP contribution in [-0.4, -0.2) is 41.2 Å². The molecule has 3 atom stereocenters. The number of aliphatic hydroxyl groups is 1. The van der Waals surface area contributed by atoms with E-state index in [1.165, 1.54) is 0 Å². The molecule has 0 radical (unpaired) electrons. The molecule has 136 valence electrons. The highest BCUT2D eigenvalue weighted by molar-refractivity contribution is 5.85. The van der Waals surface area contributed by atoms with Gasteiger partial charge in [-0.2, -0.15) is 0 Å². The van der Waals surface area contributed by atoms with Crippen molar-refractivity contribution in [2.24, 2.45) is 0 Å². The van der Waals surface area contributed by atoms with E-state index in [2.05, 4.69) is 11.9 Å². The van der Waals surface area contributed by atoms with Crippen molar-refractivity contribution < 1.29 is 14.6 Å². The zero-order valence-electron chi connectivity index (χ0n) is 15.0. The van der Waals surface area contributed by atoms with E-state index in [0.29, 0.717) is 17.2 Å². The Balaban J connectivity index is 1.65. The second kappa shape index (κ2) is 6.86. The van der Waals surface area contributed by atoms with Crippen LogP contribution in [0.3, 0.4) is 0 Å². The number of piperidine rings is 1. The molecule has 0 unspecified atom stereocenters. The van der Waals surface area contributed by atoms with E-state index in [-0.39, 0.29) is 12.1 Å². The van der Waals surface area contributed by atoms with Crippen LogP contribution < -0.4 is 0 Å². The van der Waals surface area contributed by atoms with E-state index in [1.54, 1.807) is 24.3 Å². The molecular weight excluding hydrogens is 326 g/mol. The van der Waals surface area contributed by atoms with Gasteiger partial charge in [-0.05, 0) is 43.9 Å². The maximum atomic E-state index is 13.2. The highest BCUT2D eigenvalue weighted by Gasteiger charge is 2.47. The summed E-state index contributed by atoms with van der Waals surface area (Å²) in [6, 6.07) is 19.0. The molecule has 2 aromatic carbocycles. The highest BCUT2D eigenvalue weighted by Crippen LogP contribution is 2.38. The average molecular weight is 351 g/mol. The van der Waals surface area contributed by atoms with Gasteiger partial charge in [-0.1, -0.05) is 60.7 Å². The molecule has 2 saturated heterocycles. The minimum Gasteiger partial charge on any atom is -0.458 e. The Hall–Kier alpha value is -2.17. The number of carbonyl (C=O) groups is 1. The minimum absolute atomic E-state index is 0.162. The molecule has 2 heterocycles. The number of nitrogens with zero attached hydrogens (tertiary/aromatic N) is 1. The molecule has 2 aliphatic heterocycles. The summed E-state index contributed by atoms with van der Waals surface area (Å²) >= 11 is 0. The van der Waals surface area contributed by atoms with Crippen LogP contribution in [0.1, 0.15) is 36.8 Å². The molecule has 2 bridgehead atoms. The first-order valence-electron chi connectivity index (χ1n) is 9.37. The number of ether oxygens (including phenoxy) is 1. The summed E-state index contributed by atoms with van der Waals surface area (Å²) < 4.78 is 5.94. The summed E-state index contributed by atoms with van der Waals surface area (Å²) in [7, 11) is 2.11. The van der Waals surface area contributed by atoms with E-state index in [9.17, 15) is 9.90 Å². The van der Waals surface area contributed by atoms with Crippen LogP contribution in [-0.2, 0) is 15.1 Å². The lowest BCUT2D eigenvalue weighted by atomic mass is 9.86. The van der Waals surface area contributed by atoms with Gasteiger partial charge in [0.2, 0.25) is 5.60 Å². The minimum atomic E-state index is -1.80. The van der Waals surface area contributed by atoms with Crippen molar-refractivity contribution in [3.63, 3.8) is 0 Å².